The summed E-state index contributed by atoms with van der Waals surface area (Å²) in [6, 6.07) is 17.2. The number of nitro groups is 1. The Hall–Kier alpha value is -3.45. The van der Waals surface area contributed by atoms with E-state index in [-0.39, 0.29) is 23.8 Å². The molecular formula is C23H16BrNO5. The van der Waals surface area contributed by atoms with Gasteiger partial charge in [-0.25, -0.2) is 0 Å². The first-order valence-electron chi connectivity index (χ1n) is 9.11. The molecule has 4 rings (SSSR count). The van der Waals surface area contributed by atoms with Crippen molar-refractivity contribution < 1.29 is 19.2 Å². The predicted octanol–water partition coefficient (Wildman–Crippen LogP) is 5.86. The van der Waals surface area contributed by atoms with Crippen LogP contribution in [0.4, 0.5) is 5.69 Å². The number of non-ortho nitro benzene ring substituents is 1. The summed E-state index contributed by atoms with van der Waals surface area (Å²) in [4.78, 5) is 23.1. The van der Waals surface area contributed by atoms with E-state index in [1.54, 1.807) is 30.3 Å². The molecule has 0 spiro atoms. The maximum absolute atomic E-state index is 12.8. The Labute approximate surface area is 181 Å². The number of Topliss-reactive ketones (excluding diaryl/α,β-unsaturated/α-hetero) is 1. The Bertz CT molecular complexity index is 1180. The minimum atomic E-state index is -0.442. The van der Waals surface area contributed by atoms with E-state index in [0.717, 1.165) is 21.2 Å². The predicted molar refractivity (Wildman–Crippen MR) is 116 cm³/mol. The summed E-state index contributed by atoms with van der Waals surface area (Å²) in [5.74, 6) is 1.11. The van der Waals surface area contributed by atoms with Crippen LogP contribution >= 0.6 is 15.9 Å². The van der Waals surface area contributed by atoms with Gasteiger partial charge in [-0.1, -0.05) is 28.1 Å². The van der Waals surface area contributed by atoms with E-state index >= 15 is 0 Å². The lowest BCUT2D eigenvalue weighted by Gasteiger charge is -2.09. The molecule has 0 fully saturated rings. The second kappa shape index (κ2) is 8.12. The topological polar surface area (TPSA) is 78.7 Å². The molecule has 0 radical (unpaired) electrons. The number of nitrogens with zero attached hydrogens (tertiary/aromatic N) is 1. The molecule has 0 amide bonds. The van der Waals surface area contributed by atoms with E-state index in [1.165, 1.54) is 12.1 Å². The average molecular weight is 466 g/mol. The van der Waals surface area contributed by atoms with Crippen LogP contribution in [0, 0.1) is 17.0 Å². The number of fused-ring (bicyclic) bond motifs is 1. The molecule has 30 heavy (non-hydrogen) atoms. The van der Waals surface area contributed by atoms with Crippen molar-refractivity contribution in [1.82, 2.24) is 0 Å². The third-order valence-electron chi connectivity index (χ3n) is 4.64. The summed E-state index contributed by atoms with van der Waals surface area (Å²) in [7, 11) is 0. The quantitative estimate of drug-likeness (QED) is 0.267. The second-order valence-electron chi connectivity index (χ2n) is 6.82. The van der Waals surface area contributed by atoms with Gasteiger partial charge in [0.25, 0.3) is 5.69 Å². The second-order valence-corrected chi connectivity index (χ2v) is 7.74. The Morgan fingerprint density at radius 3 is 2.60 bits per heavy atom. The Kier molecular flexibility index (Phi) is 5.37. The Morgan fingerprint density at radius 1 is 1.13 bits per heavy atom. The molecule has 0 unspecified atom stereocenters. The molecule has 0 aromatic heterocycles. The number of ether oxygens (including phenoxy) is 2. The van der Waals surface area contributed by atoms with Gasteiger partial charge in [0.2, 0.25) is 5.78 Å². The molecule has 0 bridgehead atoms. The van der Waals surface area contributed by atoms with Crippen LogP contribution in [0.5, 0.6) is 11.5 Å². The van der Waals surface area contributed by atoms with Gasteiger partial charge in [0.05, 0.1) is 10.5 Å². The third-order valence-corrected chi connectivity index (χ3v) is 5.14. The normalized spacial score (nSPS) is 13.8. The van der Waals surface area contributed by atoms with Crippen LogP contribution in [0.15, 0.2) is 70.9 Å². The van der Waals surface area contributed by atoms with Crippen LogP contribution in [-0.4, -0.2) is 10.7 Å². The van der Waals surface area contributed by atoms with Gasteiger partial charge in [-0.3, -0.25) is 14.9 Å². The molecule has 0 aliphatic carbocycles. The minimum Gasteiger partial charge on any atom is -0.489 e. The van der Waals surface area contributed by atoms with Crippen LogP contribution in [0.2, 0.25) is 0 Å². The van der Waals surface area contributed by atoms with Crippen molar-refractivity contribution in [3.8, 4) is 11.5 Å². The standard InChI is InChI=1S/C23H16BrNO5/c1-14-9-19(29-13-15-5-7-18(8-6-15)25(27)28)12-20-22(14)23(26)21(30-20)11-16-3-2-4-17(24)10-16/h2-12H,13H2,1H3/b21-11-. The Balaban J connectivity index is 1.53. The summed E-state index contributed by atoms with van der Waals surface area (Å²) < 4.78 is 12.6. The van der Waals surface area contributed by atoms with Gasteiger partial charge in [-0.2, -0.15) is 0 Å². The molecule has 3 aromatic rings. The molecule has 150 valence electrons. The maximum Gasteiger partial charge on any atom is 0.269 e. The molecule has 1 heterocycles. The van der Waals surface area contributed by atoms with E-state index in [1.807, 2.05) is 31.2 Å². The number of hydrogen-bond acceptors (Lipinski definition) is 5. The van der Waals surface area contributed by atoms with E-state index in [9.17, 15) is 14.9 Å². The van der Waals surface area contributed by atoms with Crippen LogP contribution < -0.4 is 9.47 Å². The maximum atomic E-state index is 12.8. The number of ketones is 1. The first-order chi connectivity index (χ1) is 14.4. The van der Waals surface area contributed by atoms with Crippen molar-refractivity contribution in [3.05, 3.63) is 103 Å². The van der Waals surface area contributed by atoms with E-state index < -0.39 is 4.92 Å². The van der Waals surface area contributed by atoms with Crippen molar-refractivity contribution in [2.24, 2.45) is 0 Å². The van der Waals surface area contributed by atoms with Crippen molar-refractivity contribution in [3.63, 3.8) is 0 Å². The molecule has 3 aromatic carbocycles. The number of carbonyl (C=O) groups is 1. The zero-order chi connectivity index (χ0) is 21.3. The monoisotopic (exact) mass is 465 g/mol. The highest BCUT2D eigenvalue weighted by molar-refractivity contribution is 9.10. The number of rotatable bonds is 5. The first kappa shape index (κ1) is 19.8. The summed E-state index contributed by atoms with van der Waals surface area (Å²) in [5.41, 5.74) is 2.97. The van der Waals surface area contributed by atoms with Crippen molar-refractivity contribution in [1.29, 1.82) is 0 Å². The van der Waals surface area contributed by atoms with Gasteiger partial charge < -0.3 is 9.47 Å². The number of carbonyl (C=O) groups excluding carboxylic acids is 1. The summed E-state index contributed by atoms with van der Waals surface area (Å²) in [5, 5.41) is 10.7. The van der Waals surface area contributed by atoms with Crippen LogP contribution in [-0.2, 0) is 6.61 Å². The summed E-state index contributed by atoms with van der Waals surface area (Å²) in [6.07, 6.45) is 1.71. The van der Waals surface area contributed by atoms with Crippen molar-refractivity contribution in [2.75, 3.05) is 0 Å². The minimum absolute atomic E-state index is 0.0313. The third kappa shape index (κ3) is 4.11. The molecule has 0 N–H and O–H groups in total. The smallest absolute Gasteiger partial charge is 0.269 e. The number of aryl methyl sites for hydroxylation is 1. The fraction of sp³-hybridized carbons (Fsp3) is 0.0870. The van der Waals surface area contributed by atoms with Crippen LogP contribution in [0.25, 0.3) is 6.08 Å². The lowest BCUT2D eigenvalue weighted by molar-refractivity contribution is -0.384. The molecule has 0 saturated carbocycles. The number of hydrogen-bond donors (Lipinski definition) is 0. The highest BCUT2D eigenvalue weighted by Gasteiger charge is 2.30. The molecule has 1 aliphatic heterocycles. The zero-order valence-electron chi connectivity index (χ0n) is 15.9. The van der Waals surface area contributed by atoms with E-state index in [4.69, 9.17) is 9.47 Å². The molecule has 6 nitrogen and oxygen atoms in total. The highest BCUT2D eigenvalue weighted by atomic mass is 79.9. The van der Waals surface area contributed by atoms with E-state index in [2.05, 4.69) is 15.9 Å². The zero-order valence-corrected chi connectivity index (χ0v) is 17.5. The average Bonchev–Trinajstić information content (AvgIpc) is 3.02. The van der Waals surface area contributed by atoms with Crippen LogP contribution in [0.1, 0.15) is 27.0 Å². The first-order valence-corrected chi connectivity index (χ1v) is 9.90. The summed E-state index contributed by atoms with van der Waals surface area (Å²) in [6.45, 7) is 2.08. The highest BCUT2D eigenvalue weighted by Crippen LogP contribution is 2.37. The molecular weight excluding hydrogens is 450 g/mol. The molecule has 0 saturated heterocycles. The van der Waals surface area contributed by atoms with Crippen molar-refractivity contribution >= 4 is 33.5 Å². The van der Waals surface area contributed by atoms with Gasteiger partial charge in [-0.15, -0.1) is 0 Å². The van der Waals surface area contributed by atoms with Crippen molar-refractivity contribution in [2.45, 2.75) is 13.5 Å². The summed E-state index contributed by atoms with van der Waals surface area (Å²) >= 11 is 3.42. The molecule has 1 aliphatic rings. The number of nitro benzene ring substituents is 1. The van der Waals surface area contributed by atoms with Crippen LogP contribution in [0.3, 0.4) is 0 Å². The van der Waals surface area contributed by atoms with E-state index in [0.29, 0.717) is 17.1 Å². The fourth-order valence-corrected chi connectivity index (χ4v) is 3.61. The Morgan fingerprint density at radius 2 is 1.90 bits per heavy atom. The number of halogens is 1. The van der Waals surface area contributed by atoms with Gasteiger partial charge in [-0.05, 0) is 60.0 Å². The fourth-order valence-electron chi connectivity index (χ4n) is 3.19. The molecule has 0 atom stereocenters. The van der Waals surface area contributed by atoms with Gasteiger partial charge >= 0.3 is 0 Å². The molecule has 7 heteroatoms. The van der Waals surface area contributed by atoms with Gasteiger partial charge in [0, 0.05) is 22.7 Å². The number of benzene rings is 3. The van der Waals surface area contributed by atoms with Gasteiger partial charge in [0.15, 0.2) is 5.76 Å². The lowest BCUT2D eigenvalue weighted by atomic mass is 10.0. The SMILES string of the molecule is Cc1cc(OCc2ccc([N+](=O)[O-])cc2)cc2c1C(=O)/C(=C/c1cccc(Br)c1)O2. The largest absolute Gasteiger partial charge is 0.489 e. The number of allylic oxidation sites excluding steroid dienone is 1. The lowest BCUT2D eigenvalue weighted by Crippen LogP contribution is -2.00. The van der Waals surface area contributed by atoms with Gasteiger partial charge in [0.1, 0.15) is 18.1 Å².